The molecule has 1 unspecified atom stereocenters. The average Bonchev–Trinajstić information content (AvgIpc) is 2.60. The van der Waals surface area contributed by atoms with E-state index in [0.29, 0.717) is 0 Å². The van der Waals surface area contributed by atoms with Crippen LogP contribution in [0.2, 0.25) is 0 Å². The van der Waals surface area contributed by atoms with Gasteiger partial charge in [0, 0.05) is 7.05 Å². The highest BCUT2D eigenvalue weighted by atomic mass is 32.1. The largest absolute Gasteiger partial charge is 0.480 e. The highest BCUT2D eigenvalue weighted by molar-refractivity contribution is 7.14. The molecule has 1 rings (SSSR count). The Bertz CT molecular complexity index is 388. The summed E-state index contributed by atoms with van der Waals surface area (Å²) in [7, 11) is 1.52. The summed E-state index contributed by atoms with van der Waals surface area (Å²) in [6.07, 6.45) is 0. The molecular weight excluding hydrogens is 216 g/mol. The van der Waals surface area contributed by atoms with Crippen LogP contribution in [0.15, 0.2) is 11.4 Å². The predicted octanol–water partition coefficient (Wildman–Crippen LogP) is 0.431. The molecule has 82 valence electrons. The van der Waals surface area contributed by atoms with Gasteiger partial charge in [-0.3, -0.25) is 4.79 Å². The van der Waals surface area contributed by atoms with Crippen LogP contribution >= 0.6 is 11.3 Å². The smallest absolute Gasteiger partial charge is 0.330 e. The number of carbonyl (C=O) groups is 2. The van der Waals surface area contributed by atoms with Gasteiger partial charge >= 0.3 is 5.97 Å². The molecule has 5 nitrogen and oxygen atoms in total. The molecule has 3 N–H and O–H groups in total. The second-order valence-electron chi connectivity index (χ2n) is 3.12. The number of nitrogens with two attached hydrogens (primary N) is 1. The minimum absolute atomic E-state index is 0.618. The molecule has 0 radical (unpaired) electrons. The number of rotatable bonds is 3. The number of anilines is 1. The first-order valence-electron chi connectivity index (χ1n) is 4.25. The maximum Gasteiger partial charge on any atom is 0.330 e. The van der Waals surface area contributed by atoms with Crippen LogP contribution in [0.5, 0.6) is 0 Å². The summed E-state index contributed by atoms with van der Waals surface area (Å²) < 4.78 is 0. The Hall–Kier alpha value is -1.40. The van der Waals surface area contributed by atoms with E-state index < -0.39 is 17.9 Å². The molecule has 1 aromatic rings. The van der Waals surface area contributed by atoms with Crippen molar-refractivity contribution in [2.75, 3.05) is 11.9 Å². The van der Waals surface area contributed by atoms with E-state index in [1.165, 1.54) is 23.3 Å². The lowest BCUT2D eigenvalue weighted by Crippen LogP contribution is -2.46. The molecule has 15 heavy (non-hydrogen) atoms. The molecular formula is C9H12N2O3S. The Labute approximate surface area is 91.1 Å². The zero-order valence-electron chi connectivity index (χ0n) is 8.43. The average molecular weight is 228 g/mol. The van der Waals surface area contributed by atoms with Crippen LogP contribution in [0.3, 0.4) is 0 Å². The first kappa shape index (κ1) is 11.7. The van der Waals surface area contributed by atoms with E-state index in [1.807, 2.05) is 18.4 Å². The SMILES string of the molecule is Cc1ccsc1N(C)C(=O)C(N)C(=O)O. The van der Waals surface area contributed by atoms with Crippen molar-refractivity contribution in [3.8, 4) is 0 Å². The van der Waals surface area contributed by atoms with Gasteiger partial charge in [-0.1, -0.05) is 0 Å². The van der Waals surface area contributed by atoms with Crippen molar-refractivity contribution >= 4 is 28.2 Å². The van der Waals surface area contributed by atoms with Gasteiger partial charge in [-0.2, -0.15) is 0 Å². The van der Waals surface area contributed by atoms with Crippen molar-refractivity contribution in [2.45, 2.75) is 13.0 Å². The fourth-order valence-electron chi connectivity index (χ4n) is 1.12. The van der Waals surface area contributed by atoms with Crippen molar-refractivity contribution < 1.29 is 14.7 Å². The highest BCUT2D eigenvalue weighted by Crippen LogP contribution is 2.25. The molecule has 0 aliphatic rings. The molecule has 0 aromatic carbocycles. The third-order valence-electron chi connectivity index (χ3n) is 2.00. The van der Waals surface area contributed by atoms with Crippen LogP contribution in [-0.4, -0.2) is 30.1 Å². The molecule has 0 fully saturated rings. The van der Waals surface area contributed by atoms with Gasteiger partial charge in [0.25, 0.3) is 5.91 Å². The van der Waals surface area contributed by atoms with Crippen LogP contribution in [0.25, 0.3) is 0 Å². The summed E-state index contributed by atoms with van der Waals surface area (Å²) in [5.41, 5.74) is 6.16. The van der Waals surface area contributed by atoms with E-state index in [-0.39, 0.29) is 0 Å². The lowest BCUT2D eigenvalue weighted by Gasteiger charge is -2.18. The Kier molecular flexibility index (Phi) is 3.43. The van der Waals surface area contributed by atoms with Gasteiger partial charge in [0.1, 0.15) is 5.00 Å². The van der Waals surface area contributed by atoms with Gasteiger partial charge in [0.15, 0.2) is 6.04 Å². The van der Waals surface area contributed by atoms with Crippen molar-refractivity contribution in [2.24, 2.45) is 5.73 Å². The number of hydrogen-bond donors (Lipinski definition) is 2. The Morgan fingerprint density at radius 1 is 1.60 bits per heavy atom. The summed E-state index contributed by atoms with van der Waals surface area (Å²) in [5.74, 6) is -1.94. The number of aryl methyl sites for hydroxylation is 1. The zero-order chi connectivity index (χ0) is 11.6. The molecule has 0 aliphatic heterocycles. The summed E-state index contributed by atoms with van der Waals surface area (Å²) >= 11 is 1.37. The lowest BCUT2D eigenvalue weighted by molar-refractivity contribution is -0.142. The number of nitrogens with zero attached hydrogens (tertiary/aromatic N) is 1. The van der Waals surface area contributed by atoms with Crippen LogP contribution in [0, 0.1) is 6.92 Å². The van der Waals surface area contributed by atoms with Gasteiger partial charge < -0.3 is 15.7 Å². The van der Waals surface area contributed by atoms with Gasteiger partial charge in [-0.15, -0.1) is 11.3 Å². The zero-order valence-corrected chi connectivity index (χ0v) is 9.25. The molecule has 0 saturated heterocycles. The quantitative estimate of drug-likeness (QED) is 0.735. The van der Waals surface area contributed by atoms with Crippen molar-refractivity contribution in [1.29, 1.82) is 0 Å². The third-order valence-corrected chi connectivity index (χ3v) is 3.09. The van der Waals surface area contributed by atoms with Gasteiger partial charge in [-0.05, 0) is 23.9 Å². The standard InChI is InChI=1S/C9H12N2O3S/c1-5-3-4-15-8(5)11(2)7(12)6(10)9(13)14/h3-4,6H,10H2,1-2H3,(H,13,14). The minimum atomic E-state index is -1.50. The van der Waals surface area contributed by atoms with Gasteiger partial charge in [0.2, 0.25) is 0 Å². The van der Waals surface area contributed by atoms with E-state index in [9.17, 15) is 9.59 Å². The first-order valence-corrected chi connectivity index (χ1v) is 5.13. The maximum atomic E-state index is 11.6. The molecule has 6 heteroatoms. The number of likely N-dealkylation sites (N-methyl/N-ethyl adjacent to an activating group) is 1. The van der Waals surface area contributed by atoms with E-state index >= 15 is 0 Å². The molecule has 1 heterocycles. The Morgan fingerprint density at radius 3 is 2.60 bits per heavy atom. The number of thiophene rings is 1. The molecule has 0 saturated carbocycles. The van der Waals surface area contributed by atoms with Crippen LogP contribution < -0.4 is 10.6 Å². The molecule has 1 atom stereocenters. The number of aliphatic carboxylic acids is 1. The fourth-order valence-corrected chi connectivity index (χ4v) is 2.03. The topological polar surface area (TPSA) is 83.6 Å². The molecule has 0 bridgehead atoms. The summed E-state index contributed by atoms with van der Waals surface area (Å²) in [6, 6.07) is 0.354. The maximum absolute atomic E-state index is 11.6. The monoisotopic (exact) mass is 228 g/mol. The van der Waals surface area contributed by atoms with E-state index in [2.05, 4.69) is 0 Å². The summed E-state index contributed by atoms with van der Waals surface area (Å²) in [4.78, 5) is 23.4. The second-order valence-corrected chi connectivity index (χ2v) is 4.02. The Balaban J connectivity index is 2.86. The summed E-state index contributed by atoms with van der Waals surface area (Å²) in [5, 5.41) is 11.2. The summed E-state index contributed by atoms with van der Waals surface area (Å²) in [6.45, 7) is 1.85. The van der Waals surface area contributed by atoms with Crippen molar-refractivity contribution in [3.63, 3.8) is 0 Å². The van der Waals surface area contributed by atoms with Crippen LogP contribution in [0.1, 0.15) is 5.56 Å². The number of carboxylic acid groups (broad SMARTS) is 1. The van der Waals surface area contributed by atoms with Crippen LogP contribution in [-0.2, 0) is 9.59 Å². The number of hydrogen-bond acceptors (Lipinski definition) is 4. The molecule has 0 spiro atoms. The first-order chi connectivity index (χ1) is 6.95. The normalized spacial score (nSPS) is 12.2. The second kappa shape index (κ2) is 4.41. The number of carboxylic acids is 1. The van der Waals surface area contributed by atoms with E-state index in [4.69, 9.17) is 10.8 Å². The van der Waals surface area contributed by atoms with Crippen LogP contribution in [0.4, 0.5) is 5.00 Å². The highest BCUT2D eigenvalue weighted by Gasteiger charge is 2.26. The van der Waals surface area contributed by atoms with Gasteiger partial charge in [-0.25, -0.2) is 4.79 Å². The van der Waals surface area contributed by atoms with E-state index in [1.54, 1.807) is 0 Å². The fraction of sp³-hybridized carbons (Fsp3) is 0.333. The van der Waals surface area contributed by atoms with E-state index in [0.717, 1.165) is 10.6 Å². The molecule has 0 aliphatic carbocycles. The van der Waals surface area contributed by atoms with Gasteiger partial charge in [0.05, 0.1) is 0 Å². The number of carbonyl (C=O) groups excluding carboxylic acids is 1. The third kappa shape index (κ3) is 2.34. The van der Waals surface area contributed by atoms with Crippen molar-refractivity contribution in [1.82, 2.24) is 0 Å². The lowest BCUT2D eigenvalue weighted by atomic mass is 10.2. The molecule has 1 amide bonds. The number of amides is 1. The molecule has 1 aromatic heterocycles. The van der Waals surface area contributed by atoms with Crippen molar-refractivity contribution in [3.05, 3.63) is 17.0 Å². The minimum Gasteiger partial charge on any atom is -0.480 e. The Morgan fingerprint density at radius 2 is 2.20 bits per heavy atom. The predicted molar refractivity (Wildman–Crippen MR) is 58.1 cm³/mol.